The Morgan fingerprint density at radius 1 is 1.31 bits per heavy atom. The average molecular weight is 236 g/mol. The van der Waals surface area contributed by atoms with Gasteiger partial charge in [0.15, 0.2) is 0 Å². The Kier molecular flexibility index (Phi) is 6.47. The van der Waals surface area contributed by atoms with Crippen molar-refractivity contribution in [2.24, 2.45) is 5.92 Å². The lowest BCUT2D eigenvalue weighted by molar-refractivity contribution is 0.452. The van der Waals surface area contributed by atoms with Crippen LogP contribution in [-0.4, -0.2) is 0 Å². The van der Waals surface area contributed by atoms with Crippen molar-refractivity contribution in [1.82, 2.24) is 0 Å². The van der Waals surface area contributed by atoms with Gasteiger partial charge in [-0.2, -0.15) is 0 Å². The summed E-state index contributed by atoms with van der Waals surface area (Å²) in [5, 5.41) is 0. The monoisotopic (exact) mass is 236 g/mol. The molecule has 0 saturated carbocycles. The summed E-state index contributed by atoms with van der Waals surface area (Å²) < 4.78 is 0. The molecule has 0 aliphatic rings. The van der Waals surface area contributed by atoms with Gasteiger partial charge in [0.25, 0.3) is 0 Å². The third-order valence-electron chi connectivity index (χ3n) is 3.05. The molecule has 0 fully saturated rings. The Labute approximate surface area is 104 Å². The van der Waals surface area contributed by atoms with Crippen LogP contribution >= 0.6 is 11.3 Å². The quantitative estimate of drug-likeness (QED) is 0.583. The van der Waals surface area contributed by atoms with Crippen molar-refractivity contribution < 1.29 is 0 Å². The molecular formula is C15H24S. The van der Waals surface area contributed by atoms with Crippen molar-refractivity contribution in [2.45, 2.75) is 52.9 Å². The van der Waals surface area contributed by atoms with Crippen LogP contribution in [0.5, 0.6) is 0 Å². The first-order valence-corrected chi connectivity index (χ1v) is 7.33. The third-order valence-corrected chi connectivity index (χ3v) is 4.12. The van der Waals surface area contributed by atoms with Crippen molar-refractivity contribution in [1.29, 1.82) is 0 Å². The molecule has 0 spiro atoms. The van der Waals surface area contributed by atoms with Gasteiger partial charge in [-0.15, -0.1) is 11.3 Å². The highest BCUT2D eigenvalue weighted by Gasteiger charge is 2.08. The molecular weight excluding hydrogens is 212 g/mol. The van der Waals surface area contributed by atoms with Gasteiger partial charge in [0.1, 0.15) is 0 Å². The van der Waals surface area contributed by atoms with E-state index in [4.69, 9.17) is 0 Å². The smallest absolute Gasteiger partial charge is 0.0269 e. The lowest BCUT2D eigenvalue weighted by atomic mass is 9.95. The molecule has 0 radical (unpaired) electrons. The summed E-state index contributed by atoms with van der Waals surface area (Å²) >= 11 is 1.95. The van der Waals surface area contributed by atoms with Crippen LogP contribution in [0.25, 0.3) is 6.08 Å². The molecule has 1 aromatic rings. The summed E-state index contributed by atoms with van der Waals surface area (Å²) in [4.78, 5) is 2.94. The molecule has 0 aliphatic carbocycles. The van der Waals surface area contributed by atoms with E-state index in [-0.39, 0.29) is 0 Å². The van der Waals surface area contributed by atoms with Gasteiger partial charge in [-0.25, -0.2) is 0 Å². The molecule has 90 valence electrons. The maximum atomic E-state index is 2.32. The molecule has 0 amide bonds. The molecule has 0 nitrogen and oxygen atoms in total. The normalized spacial score (nSPS) is 13.4. The van der Waals surface area contributed by atoms with Gasteiger partial charge in [0.2, 0.25) is 0 Å². The van der Waals surface area contributed by atoms with Crippen molar-refractivity contribution in [3.8, 4) is 0 Å². The first-order valence-electron chi connectivity index (χ1n) is 6.51. The minimum Gasteiger partial charge on any atom is -0.141 e. The van der Waals surface area contributed by atoms with Crippen molar-refractivity contribution in [2.75, 3.05) is 0 Å². The second-order valence-electron chi connectivity index (χ2n) is 4.42. The SMILES string of the molecule is C/C=C/c1ccc(CC(CC)CCCC)s1. The average Bonchev–Trinajstić information content (AvgIpc) is 2.72. The van der Waals surface area contributed by atoms with Gasteiger partial charge < -0.3 is 0 Å². The van der Waals surface area contributed by atoms with E-state index in [0.29, 0.717) is 0 Å². The van der Waals surface area contributed by atoms with E-state index in [0.717, 1.165) is 5.92 Å². The van der Waals surface area contributed by atoms with Gasteiger partial charge in [0.05, 0.1) is 0 Å². The van der Waals surface area contributed by atoms with Gasteiger partial charge in [-0.3, -0.25) is 0 Å². The minimum absolute atomic E-state index is 0.886. The van der Waals surface area contributed by atoms with E-state index in [2.05, 4.69) is 45.1 Å². The summed E-state index contributed by atoms with van der Waals surface area (Å²) in [5.41, 5.74) is 0. The Morgan fingerprint density at radius 2 is 2.12 bits per heavy atom. The van der Waals surface area contributed by atoms with Crippen LogP contribution in [0.1, 0.15) is 56.2 Å². The fourth-order valence-corrected chi connectivity index (χ4v) is 3.08. The molecule has 1 heteroatoms. The van der Waals surface area contributed by atoms with Crippen LogP contribution in [-0.2, 0) is 6.42 Å². The maximum Gasteiger partial charge on any atom is 0.0269 e. The highest BCUT2D eigenvalue weighted by Crippen LogP contribution is 2.24. The molecule has 16 heavy (non-hydrogen) atoms. The van der Waals surface area contributed by atoms with Gasteiger partial charge in [0, 0.05) is 9.75 Å². The van der Waals surface area contributed by atoms with E-state index in [1.54, 1.807) is 4.88 Å². The first-order chi connectivity index (χ1) is 7.80. The molecule has 1 rings (SSSR count). The van der Waals surface area contributed by atoms with Crippen molar-refractivity contribution in [3.63, 3.8) is 0 Å². The van der Waals surface area contributed by atoms with Crippen LogP contribution in [0.15, 0.2) is 18.2 Å². The number of hydrogen-bond donors (Lipinski definition) is 0. The minimum atomic E-state index is 0.886. The highest BCUT2D eigenvalue weighted by molar-refractivity contribution is 7.12. The summed E-state index contributed by atoms with van der Waals surface area (Å²) in [6.07, 6.45) is 11.0. The molecule has 0 bridgehead atoms. The fraction of sp³-hybridized carbons (Fsp3) is 0.600. The number of hydrogen-bond acceptors (Lipinski definition) is 1. The summed E-state index contributed by atoms with van der Waals surface area (Å²) in [6, 6.07) is 4.54. The largest absolute Gasteiger partial charge is 0.141 e. The molecule has 1 unspecified atom stereocenters. The predicted molar refractivity (Wildman–Crippen MR) is 76.0 cm³/mol. The second kappa shape index (κ2) is 7.67. The van der Waals surface area contributed by atoms with Gasteiger partial charge in [-0.1, -0.05) is 45.6 Å². The zero-order chi connectivity index (χ0) is 11.8. The van der Waals surface area contributed by atoms with E-state index in [1.165, 1.54) is 37.0 Å². The first kappa shape index (κ1) is 13.5. The lowest BCUT2D eigenvalue weighted by Crippen LogP contribution is -2.01. The fourth-order valence-electron chi connectivity index (χ4n) is 1.99. The predicted octanol–water partition coefficient (Wildman–Crippen LogP) is 5.54. The molecule has 0 aliphatic heterocycles. The third kappa shape index (κ3) is 4.52. The Hall–Kier alpha value is -0.560. The summed E-state index contributed by atoms with van der Waals surface area (Å²) in [6.45, 7) is 6.68. The van der Waals surface area contributed by atoms with Crippen molar-refractivity contribution >= 4 is 17.4 Å². The van der Waals surface area contributed by atoms with Crippen LogP contribution in [0.4, 0.5) is 0 Å². The molecule has 0 saturated heterocycles. The zero-order valence-corrected chi connectivity index (χ0v) is 11.6. The Morgan fingerprint density at radius 3 is 2.75 bits per heavy atom. The van der Waals surface area contributed by atoms with Crippen LogP contribution in [0.3, 0.4) is 0 Å². The van der Waals surface area contributed by atoms with E-state index in [1.807, 2.05) is 11.3 Å². The highest BCUT2D eigenvalue weighted by atomic mass is 32.1. The molecule has 1 heterocycles. The topological polar surface area (TPSA) is 0 Å². The summed E-state index contributed by atoms with van der Waals surface area (Å²) in [7, 11) is 0. The lowest BCUT2D eigenvalue weighted by Gasteiger charge is -2.12. The maximum absolute atomic E-state index is 2.32. The van der Waals surface area contributed by atoms with Gasteiger partial charge >= 0.3 is 0 Å². The van der Waals surface area contributed by atoms with Gasteiger partial charge in [-0.05, 0) is 37.5 Å². The number of allylic oxidation sites excluding steroid dienone is 1. The Bertz CT molecular complexity index is 309. The van der Waals surface area contributed by atoms with E-state index < -0.39 is 0 Å². The number of unbranched alkanes of at least 4 members (excludes halogenated alkanes) is 1. The zero-order valence-electron chi connectivity index (χ0n) is 10.8. The second-order valence-corrected chi connectivity index (χ2v) is 5.62. The standard InChI is InChI=1S/C15H24S/c1-4-7-9-13(6-3)12-15-11-10-14(16-15)8-5-2/h5,8,10-11,13H,4,6-7,9,12H2,1-3H3/b8-5+. The van der Waals surface area contributed by atoms with E-state index >= 15 is 0 Å². The molecule has 0 aromatic carbocycles. The molecule has 0 N–H and O–H groups in total. The number of thiophene rings is 1. The molecule has 1 atom stereocenters. The van der Waals surface area contributed by atoms with Crippen molar-refractivity contribution in [3.05, 3.63) is 28.0 Å². The molecule has 1 aromatic heterocycles. The van der Waals surface area contributed by atoms with Crippen LogP contribution < -0.4 is 0 Å². The van der Waals surface area contributed by atoms with Crippen LogP contribution in [0.2, 0.25) is 0 Å². The Balaban J connectivity index is 2.49. The summed E-state index contributed by atoms with van der Waals surface area (Å²) in [5.74, 6) is 0.886. The van der Waals surface area contributed by atoms with E-state index in [9.17, 15) is 0 Å². The van der Waals surface area contributed by atoms with Crippen LogP contribution in [0, 0.1) is 5.92 Å². The number of rotatable bonds is 7.